The standard InChI is InChI=1S/C20H16ClN7O/c21-16-4-1-2-5-17(16)27-20(29)26-15-8-6-14(7-9-15)25-18-12-19(23-13-22-18)28-11-3-10-24-28/h1-13H,(H,22,23,25)(H2,26,27,29). The Morgan fingerprint density at radius 1 is 0.931 bits per heavy atom. The van der Waals surface area contributed by atoms with Crippen molar-refractivity contribution in [2.45, 2.75) is 0 Å². The number of hydrogen-bond acceptors (Lipinski definition) is 5. The average molecular weight is 406 g/mol. The third-order valence-electron chi connectivity index (χ3n) is 3.93. The minimum atomic E-state index is -0.376. The Morgan fingerprint density at radius 2 is 1.72 bits per heavy atom. The number of benzene rings is 2. The van der Waals surface area contributed by atoms with E-state index in [-0.39, 0.29) is 6.03 Å². The van der Waals surface area contributed by atoms with E-state index < -0.39 is 0 Å². The van der Waals surface area contributed by atoms with Crippen LogP contribution in [0.2, 0.25) is 5.02 Å². The van der Waals surface area contributed by atoms with Gasteiger partial charge in [-0.2, -0.15) is 5.10 Å². The predicted molar refractivity (Wildman–Crippen MR) is 113 cm³/mol. The van der Waals surface area contributed by atoms with Crippen LogP contribution in [0.1, 0.15) is 0 Å². The van der Waals surface area contributed by atoms with Crippen LogP contribution in [0.4, 0.5) is 27.7 Å². The van der Waals surface area contributed by atoms with Gasteiger partial charge in [0.25, 0.3) is 0 Å². The van der Waals surface area contributed by atoms with Gasteiger partial charge in [0.15, 0.2) is 5.82 Å². The van der Waals surface area contributed by atoms with Crippen LogP contribution in [-0.2, 0) is 0 Å². The van der Waals surface area contributed by atoms with Crippen LogP contribution in [-0.4, -0.2) is 25.8 Å². The SMILES string of the molecule is O=C(Nc1ccc(Nc2cc(-n3cccn3)ncn2)cc1)Nc1ccccc1Cl. The van der Waals surface area contributed by atoms with Gasteiger partial charge in [-0.15, -0.1) is 0 Å². The first-order chi connectivity index (χ1) is 14.2. The van der Waals surface area contributed by atoms with Crippen LogP contribution in [0.25, 0.3) is 5.82 Å². The second-order valence-electron chi connectivity index (χ2n) is 5.97. The van der Waals surface area contributed by atoms with E-state index in [0.717, 1.165) is 5.69 Å². The zero-order valence-electron chi connectivity index (χ0n) is 15.1. The second-order valence-corrected chi connectivity index (χ2v) is 6.38. The molecule has 9 heteroatoms. The lowest BCUT2D eigenvalue weighted by molar-refractivity contribution is 0.262. The highest BCUT2D eigenvalue weighted by molar-refractivity contribution is 6.33. The number of hydrogen-bond donors (Lipinski definition) is 3. The van der Waals surface area contributed by atoms with Gasteiger partial charge in [0.05, 0.1) is 10.7 Å². The Hall–Kier alpha value is -3.91. The molecule has 0 aliphatic carbocycles. The summed E-state index contributed by atoms with van der Waals surface area (Å²) in [5.41, 5.74) is 1.99. The molecule has 4 aromatic rings. The van der Waals surface area contributed by atoms with Gasteiger partial charge in [-0.25, -0.2) is 19.4 Å². The lowest BCUT2D eigenvalue weighted by atomic mass is 10.2. The number of halogens is 1. The molecule has 0 aliphatic heterocycles. The van der Waals surface area contributed by atoms with E-state index in [2.05, 4.69) is 31.0 Å². The summed E-state index contributed by atoms with van der Waals surface area (Å²) in [5, 5.41) is 13.3. The quantitative estimate of drug-likeness (QED) is 0.447. The van der Waals surface area contributed by atoms with Crippen molar-refractivity contribution in [2.24, 2.45) is 0 Å². The van der Waals surface area contributed by atoms with E-state index >= 15 is 0 Å². The molecule has 2 amide bonds. The van der Waals surface area contributed by atoms with E-state index in [1.807, 2.05) is 18.2 Å². The van der Waals surface area contributed by atoms with Gasteiger partial charge < -0.3 is 16.0 Å². The lowest BCUT2D eigenvalue weighted by Gasteiger charge is -2.10. The minimum absolute atomic E-state index is 0.376. The van der Waals surface area contributed by atoms with Crippen LogP contribution in [0.15, 0.2) is 79.4 Å². The lowest BCUT2D eigenvalue weighted by Crippen LogP contribution is -2.19. The largest absolute Gasteiger partial charge is 0.340 e. The van der Waals surface area contributed by atoms with Crippen molar-refractivity contribution in [2.75, 3.05) is 16.0 Å². The number of rotatable bonds is 5. The molecule has 3 N–H and O–H groups in total. The summed E-state index contributed by atoms with van der Waals surface area (Å²) in [6, 6.07) is 17.5. The first kappa shape index (κ1) is 18.5. The van der Waals surface area contributed by atoms with Crippen LogP contribution in [0, 0.1) is 0 Å². The fraction of sp³-hybridized carbons (Fsp3) is 0. The first-order valence-electron chi connectivity index (χ1n) is 8.69. The molecule has 2 heterocycles. The summed E-state index contributed by atoms with van der Waals surface area (Å²) in [4.78, 5) is 20.5. The highest BCUT2D eigenvalue weighted by Gasteiger charge is 2.06. The molecule has 0 saturated carbocycles. The topological polar surface area (TPSA) is 96.8 Å². The highest BCUT2D eigenvalue weighted by atomic mass is 35.5. The van der Waals surface area contributed by atoms with E-state index in [1.54, 1.807) is 59.5 Å². The fourth-order valence-corrected chi connectivity index (χ4v) is 2.76. The normalized spacial score (nSPS) is 10.4. The number of nitrogens with zero attached hydrogens (tertiary/aromatic N) is 4. The summed E-state index contributed by atoms with van der Waals surface area (Å²) in [6.07, 6.45) is 4.96. The molecular weight excluding hydrogens is 390 g/mol. The number of para-hydroxylation sites is 1. The maximum Gasteiger partial charge on any atom is 0.323 e. The van der Waals surface area contributed by atoms with Crippen molar-refractivity contribution in [1.82, 2.24) is 19.7 Å². The number of urea groups is 1. The number of nitrogens with one attached hydrogen (secondary N) is 3. The molecule has 0 bridgehead atoms. The molecule has 0 unspecified atom stereocenters. The molecule has 29 heavy (non-hydrogen) atoms. The molecule has 0 radical (unpaired) electrons. The molecule has 0 saturated heterocycles. The van der Waals surface area contributed by atoms with E-state index in [0.29, 0.717) is 28.0 Å². The van der Waals surface area contributed by atoms with E-state index in [9.17, 15) is 4.79 Å². The maximum atomic E-state index is 12.1. The highest BCUT2D eigenvalue weighted by Crippen LogP contribution is 2.21. The monoisotopic (exact) mass is 405 g/mol. The Kier molecular flexibility index (Phi) is 5.35. The average Bonchev–Trinajstić information content (AvgIpc) is 3.26. The third-order valence-corrected chi connectivity index (χ3v) is 4.26. The van der Waals surface area contributed by atoms with Gasteiger partial charge in [0, 0.05) is 29.8 Å². The molecule has 0 atom stereocenters. The van der Waals surface area contributed by atoms with Crippen molar-refractivity contribution in [3.63, 3.8) is 0 Å². The van der Waals surface area contributed by atoms with Crippen LogP contribution in [0.3, 0.4) is 0 Å². The molecule has 4 rings (SSSR count). The maximum absolute atomic E-state index is 12.1. The van der Waals surface area contributed by atoms with Crippen molar-refractivity contribution >= 4 is 40.5 Å². The van der Waals surface area contributed by atoms with Gasteiger partial charge in [0.2, 0.25) is 0 Å². The van der Waals surface area contributed by atoms with Gasteiger partial charge >= 0.3 is 6.03 Å². The zero-order valence-corrected chi connectivity index (χ0v) is 15.8. The molecular formula is C20H16ClN7O. The Bertz CT molecular complexity index is 1110. The molecule has 0 fully saturated rings. The van der Waals surface area contributed by atoms with E-state index in [1.165, 1.54) is 6.33 Å². The fourth-order valence-electron chi connectivity index (χ4n) is 2.58. The smallest absolute Gasteiger partial charge is 0.323 e. The molecule has 8 nitrogen and oxygen atoms in total. The summed E-state index contributed by atoms with van der Waals surface area (Å²) >= 11 is 6.05. The Labute approximate surface area is 171 Å². The van der Waals surface area contributed by atoms with E-state index in [4.69, 9.17) is 11.6 Å². The number of carbonyl (C=O) groups is 1. The van der Waals surface area contributed by atoms with Crippen molar-refractivity contribution < 1.29 is 4.79 Å². The van der Waals surface area contributed by atoms with Crippen molar-refractivity contribution in [3.05, 3.63) is 84.4 Å². The zero-order chi connectivity index (χ0) is 20.1. The second kappa shape index (κ2) is 8.41. The summed E-state index contributed by atoms with van der Waals surface area (Å²) in [6.45, 7) is 0. The Balaban J connectivity index is 1.39. The van der Waals surface area contributed by atoms with Crippen LogP contribution < -0.4 is 16.0 Å². The molecule has 2 aromatic heterocycles. The molecule has 0 spiro atoms. The summed E-state index contributed by atoms with van der Waals surface area (Å²) in [5.74, 6) is 1.28. The van der Waals surface area contributed by atoms with Gasteiger partial charge in [-0.1, -0.05) is 23.7 Å². The summed E-state index contributed by atoms with van der Waals surface area (Å²) < 4.78 is 1.65. The summed E-state index contributed by atoms with van der Waals surface area (Å²) in [7, 11) is 0. The van der Waals surface area contributed by atoms with Crippen molar-refractivity contribution in [3.8, 4) is 5.82 Å². The molecule has 144 valence electrons. The van der Waals surface area contributed by atoms with Crippen LogP contribution in [0.5, 0.6) is 0 Å². The van der Waals surface area contributed by atoms with Crippen LogP contribution >= 0.6 is 11.6 Å². The van der Waals surface area contributed by atoms with Gasteiger partial charge in [-0.3, -0.25) is 0 Å². The van der Waals surface area contributed by atoms with Gasteiger partial charge in [-0.05, 0) is 42.5 Å². The number of aromatic nitrogens is 4. The number of anilines is 4. The Morgan fingerprint density at radius 3 is 2.48 bits per heavy atom. The van der Waals surface area contributed by atoms with Gasteiger partial charge in [0.1, 0.15) is 12.1 Å². The molecule has 2 aromatic carbocycles. The number of amides is 2. The number of carbonyl (C=O) groups excluding carboxylic acids is 1. The minimum Gasteiger partial charge on any atom is -0.340 e. The molecule has 0 aliphatic rings. The third kappa shape index (κ3) is 4.69. The predicted octanol–water partition coefficient (Wildman–Crippen LogP) is 4.70. The first-order valence-corrected chi connectivity index (χ1v) is 9.07. The van der Waals surface area contributed by atoms with Crippen molar-refractivity contribution in [1.29, 1.82) is 0 Å².